The maximum Gasteiger partial charge on any atom is 0.289 e. The van der Waals surface area contributed by atoms with Crippen molar-refractivity contribution < 1.29 is 18.3 Å². The molecule has 0 radical (unpaired) electrons. The Morgan fingerprint density at radius 2 is 1.80 bits per heavy atom. The van der Waals surface area contributed by atoms with Gasteiger partial charge in [0.15, 0.2) is 5.76 Å². The molecule has 2 heterocycles. The minimum absolute atomic E-state index is 0.101. The maximum atomic E-state index is 13.1. The topological polar surface area (TPSA) is 45.9 Å². The second-order valence-electron chi connectivity index (χ2n) is 7.18. The van der Waals surface area contributed by atoms with Crippen LogP contribution in [0.1, 0.15) is 21.9 Å². The van der Waals surface area contributed by atoms with E-state index in [4.69, 9.17) is 20.8 Å². The summed E-state index contributed by atoms with van der Waals surface area (Å²) in [5.41, 5.74) is 1.27. The molecule has 0 spiro atoms. The lowest BCUT2D eigenvalue weighted by molar-refractivity contribution is 0.0594. The van der Waals surface area contributed by atoms with Crippen molar-refractivity contribution in [3.8, 4) is 5.75 Å². The number of amides is 1. The summed E-state index contributed by atoms with van der Waals surface area (Å²) in [6.45, 7) is 3.94. The SMILES string of the molecule is O=C(c1ccc(COc2ccc(F)cc2Cl)o1)N1CCN(Cc2ccccc2)CC1. The zero-order chi connectivity index (χ0) is 20.9. The van der Waals surface area contributed by atoms with E-state index in [9.17, 15) is 9.18 Å². The predicted molar refractivity (Wildman–Crippen MR) is 112 cm³/mol. The summed E-state index contributed by atoms with van der Waals surface area (Å²) in [4.78, 5) is 16.9. The Labute approximate surface area is 179 Å². The lowest BCUT2D eigenvalue weighted by Crippen LogP contribution is -2.48. The van der Waals surface area contributed by atoms with E-state index in [1.54, 1.807) is 12.1 Å². The van der Waals surface area contributed by atoms with Crippen LogP contribution in [0.25, 0.3) is 0 Å². The fourth-order valence-electron chi connectivity index (χ4n) is 3.42. The molecular weight excluding hydrogens is 407 g/mol. The number of benzene rings is 2. The van der Waals surface area contributed by atoms with E-state index in [0.717, 1.165) is 19.6 Å². The summed E-state index contributed by atoms with van der Waals surface area (Å²) in [7, 11) is 0. The standard InChI is InChI=1S/C23H22ClFN2O3/c24-20-14-18(25)6-8-21(20)29-16-19-7-9-22(30-19)23(28)27-12-10-26(11-13-27)15-17-4-2-1-3-5-17/h1-9,14H,10-13,15-16H2. The highest BCUT2D eigenvalue weighted by molar-refractivity contribution is 6.32. The third kappa shape index (κ3) is 5.01. The third-order valence-electron chi connectivity index (χ3n) is 5.04. The lowest BCUT2D eigenvalue weighted by Gasteiger charge is -2.34. The minimum Gasteiger partial charge on any atom is -0.484 e. The van der Waals surface area contributed by atoms with Crippen LogP contribution in [0.3, 0.4) is 0 Å². The molecule has 1 saturated heterocycles. The minimum atomic E-state index is -0.429. The van der Waals surface area contributed by atoms with Gasteiger partial charge in [-0.1, -0.05) is 41.9 Å². The number of carbonyl (C=O) groups is 1. The molecule has 1 amide bonds. The van der Waals surface area contributed by atoms with Gasteiger partial charge in [-0.15, -0.1) is 0 Å². The molecule has 1 aromatic heterocycles. The number of hydrogen-bond donors (Lipinski definition) is 0. The highest BCUT2D eigenvalue weighted by Gasteiger charge is 2.24. The van der Waals surface area contributed by atoms with Crippen molar-refractivity contribution in [3.63, 3.8) is 0 Å². The van der Waals surface area contributed by atoms with Crippen LogP contribution in [0.5, 0.6) is 5.75 Å². The fourth-order valence-corrected chi connectivity index (χ4v) is 3.64. The van der Waals surface area contributed by atoms with Crippen molar-refractivity contribution >= 4 is 17.5 Å². The van der Waals surface area contributed by atoms with Crippen molar-refractivity contribution in [1.82, 2.24) is 9.80 Å². The molecule has 0 saturated carbocycles. The van der Waals surface area contributed by atoms with Gasteiger partial charge in [0.1, 0.15) is 23.9 Å². The first-order valence-electron chi connectivity index (χ1n) is 9.80. The Bertz CT molecular complexity index is 1000. The van der Waals surface area contributed by atoms with E-state index in [0.29, 0.717) is 24.6 Å². The van der Waals surface area contributed by atoms with E-state index < -0.39 is 5.82 Å². The van der Waals surface area contributed by atoms with Gasteiger partial charge >= 0.3 is 0 Å². The van der Waals surface area contributed by atoms with Crippen LogP contribution in [0.2, 0.25) is 5.02 Å². The summed E-state index contributed by atoms with van der Waals surface area (Å²) in [5.74, 6) is 0.594. The van der Waals surface area contributed by atoms with E-state index in [1.165, 1.54) is 23.8 Å². The number of ether oxygens (including phenoxy) is 1. The number of piperazine rings is 1. The van der Waals surface area contributed by atoms with Crippen LogP contribution < -0.4 is 4.74 Å². The summed E-state index contributed by atoms with van der Waals surface area (Å²) in [6, 6.07) is 17.6. The Morgan fingerprint density at radius 1 is 1.03 bits per heavy atom. The number of nitrogens with zero attached hydrogens (tertiary/aromatic N) is 2. The first-order valence-corrected chi connectivity index (χ1v) is 10.2. The van der Waals surface area contributed by atoms with Crippen molar-refractivity contribution in [3.05, 3.63) is 88.6 Å². The van der Waals surface area contributed by atoms with Gasteiger partial charge in [0.05, 0.1) is 5.02 Å². The van der Waals surface area contributed by atoms with Crippen molar-refractivity contribution in [2.24, 2.45) is 0 Å². The van der Waals surface area contributed by atoms with Crippen LogP contribution in [-0.2, 0) is 13.2 Å². The lowest BCUT2D eigenvalue weighted by atomic mass is 10.2. The van der Waals surface area contributed by atoms with Gasteiger partial charge in [-0.05, 0) is 35.9 Å². The number of hydrogen-bond acceptors (Lipinski definition) is 4. The van der Waals surface area contributed by atoms with Gasteiger partial charge in [-0.3, -0.25) is 9.69 Å². The molecule has 1 fully saturated rings. The Morgan fingerprint density at radius 3 is 2.53 bits per heavy atom. The summed E-state index contributed by atoms with van der Waals surface area (Å²) < 4.78 is 24.3. The van der Waals surface area contributed by atoms with Gasteiger partial charge in [0.2, 0.25) is 0 Å². The van der Waals surface area contributed by atoms with Crippen molar-refractivity contribution in [2.45, 2.75) is 13.2 Å². The fraction of sp³-hybridized carbons (Fsp3) is 0.261. The molecular formula is C23H22ClFN2O3. The van der Waals surface area contributed by atoms with Gasteiger partial charge in [0, 0.05) is 32.7 Å². The third-order valence-corrected chi connectivity index (χ3v) is 5.34. The summed E-state index contributed by atoms with van der Waals surface area (Å²) in [6.07, 6.45) is 0. The predicted octanol–water partition coefficient (Wildman–Crippen LogP) is 4.61. The Kier molecular flexibility index (Phi) is 6.35. The molecule has 30 heavy (non-hydrogen) atoms. The van der Waals surface area contributed by atoms with Crippen LogP contribution >= 0.6 is 11.6 Å². The van der Waals surface area contributed by atoms with Gasteiger partial charge in [0.25, 0.3) is 5.91 Å². The van der Waals surface area contributed by atoms with E-state index in [2.05, 4.69) is 17.0 Å². The van der Waals surface area contributed by atoms with Gasteiger partial charge in [-0.2, -0.15) is 0 Å². The highest BCUT2D eigenvalue weighted by Crippen LogP contribution is 2.26. The molecule has 0 atom stereocenters. The average molecular weight is 429 g/mol. The largest absolute Gasteiger partial charge is 0.484 e. The Hall–Kier alpha value is -2.83. The number of furan rings is 1. The zero-order valence-electron chi connectivity index (χ0n) is 16.4. The van der Waals surface area contributed by atoms with Crippen molar-refractivity contribution in [2.75, 3.05) is 26.2 Å². The molecule has 156 valence electrons. The van der Waals surface area contributed by atoms with Crippen LogP contribution in [0, 0.1) is 5.82 Å². The molecule has 0 bridgehead atoms. The summed E-state index contributed by atoms with van der Waals surface area (Å²) >= 11 is 5.96. The number of rotatable bonds is 6. The quantitative estimate of drug-likeness (QED) is 0.575. The molecule has 2 aromatic carbocycles. The number of carbonyl (C=O) groups excluding carboxylic acids is 1. The molecule has 0 unspecified atom stereocenters. The molecule has 5 nitrogen and oxygen atoms in total. The molecule has 3 aromatic rings. The zero-order valence-corrected chi connectivity index (χ0v) is 17.1. The van der Waals surface area contributed by atoms with Crippen LogP contribution in [-0.4, -0.2) is 41.9 Å². The first-order chi connectivity index (χ1) is 14.6. The highest BCUT2D eigenvalue weighted by atomic mass is 35.5. The molecule has 4 rings (SSSR count). The van der Waals surface area contributed by atoms with E-state index >= 15 is 0 Å². The van der Waals surface area contributed by atoms with E-state index in [1.807, 2.05) is 23.1 Å². The molecule has 1 aliphatic rings. The maximum absolute atomic E-state index is 13.1. The van der Waals surface area contributed by atoms with E-state index in [-0.39, 0.29) is 23.3 Å². The smallest absolute Gasteiger partial charge is 0.289 e. The second-order valence-corrected chi connectivity index (χ2v) is 7.59. The van der Waals surface area contributed by atoms with Crippen molar-refractivity contribution in [1.29, 1.82) is 0 Å². The molecule has 1 aliphatic heterocycles. The average Bonchev–Trinajstić information content (AvgIpc) is 3.23. The Balaban J connectivity index is 1.29. The first kappa shape index (κ1) is 20.4. The number of halogens is 2. The molecule has 0 aliphatic carbocycles. The molecule has 7 heteroatoms. The monoisotopic (exact) mass is 428 g/mol. The van der Waals surface area contributed by atoms with Gasteiger partial charge in [-0.25, -0.2) is 4.39 Å². The van der Waals surface area contributed by atoms with Gasteiger partial charge < -0.3 is 14.1 Å². The normalized spacial score (nSPS) is 14.7. The molecule has 0 N–H and O–H groups in total. The summed E-state index contributed by atoms with van der Waals surface area (Å²) in [5, 5.41) is 0.186. The van der Waals surface area contributed by atoms with Crippen LogP contribution in [0.4, 0.5) is 4.39 Å². The second kappa shape index (κ2) is 9.32. The van der Waals surface area contributed by atoms with Crippen LogP contribution in [0.15, 0.2) is 65.1 Å².